The monoisotopic (exact) mass is 324 g/mol. The summed E-state index contributed by atoms with van der Waals surface area (Å²) >= 11 is 0. The molecule has 0 bridgehead atoms. The third kappa shape index (κ3) is 3.56. The first-order valence-electron chi connectivity index (χ1n) is 8.11. The van der Waals surface area contributed by atoms with Crippen molar-refractivity contribution in [3.8, 4) is 11.5 Å². The van der Waals surface area contributed by atoms with Gasteiger partial charge in [0.05, 0.1) is 11.6 Å². The summed E-state index contributed by atoms with van der Waals surface area (Å²) in [5, 5.41) is 1.77. The summed E-state index contributed by atoms with van der Waals surface area (Å²) in [4.78, 5) is 23.8. The van der Waals surface area contributed by atoms with Gasteiger partial charge in [0, 0.05) is 13.0 Å². The number of para-hydroxylation sites is 1. The summed E-state index contributed by atoms with van der Waals surface area (Å²) in [6.07, 6.45) is 0.935. The normalized spacial score (nSPS) is 17.3. The van der Waals surface area contributed by atoms with Crippen molar-refractivity contribution in [3.05, 3.63) is 54.6 Å². The van der Waals surface area contributed by atoms with Crippen molar-refractivity contribution in [2.45, 2.75) is 19.8 Å². The lowest BCUT2D eigenvalue weighted by Crippen LogP contribution is -2.53. The van der Waals surface area contributed by atoms with E-state index < -0.39 is 5.92 Å². The molecular weight excluding hydrogens is 304 g/mol. The summed E-state index contributed by atoms with van der Waals surface area (Å²) in [5.41, 5.74) is 3.67. The van der Waals surface area contributed by atoms with Gasteiger partial charge < -0.3 is 4.74 Å². The summed E-state index contributed by atoms with van der Waals surface area (Å²) in [5.74, 6) is 0.758. The first-order valence-corrected chi connectivity index (χ1v) is 8.11. The van der Waals surface area contributed by atoms with Gasteiger partial charge in [-0.2, -0.15) is 0 Å². The van der Waals surface area contributed by atoms with Crippen LogP contribution in [0.5, 0.6) is 11.5 Å². The minimum atomic E-state index is -0.521. The van der Waals surface area contributed by atoms with Gasteiger partial charge >= 0.3 is 0 Å². The van der Waals surface area contributed by atoms with E-state index in [1.165, 1.54) is 0 Å². The molecule has 3 rings (SSSR count). The number of anilines is 1. The molecule has 24 heavy (non-hydrogen) atoms. The molecule has 1 unspecified atom stereocenters. The molecule has 0 saturated carbocycles. The molecule has 1 aliphatic rings. The Morgan fingerprint density at radius 2 is 1.79 bits per heavy atom. The predicted octanol–water partition coefficient (Wildman–Crippen LogP) is 3.32. The van der Waals surface area contributed by atoms with Crippen molar-refractivity contribution in [2.75, 3.05) is 11.6 Å². The van der Waals surface area contributed by atoms with Gasteiger partial charge in [-0.15, -0.1) is 0 Å². The van der Waals surface area contributed by atoms with Gasteiger partial charge in [-0.3, -0.25) is 20.0 Å². The molecule has 0 radical (unpaired) electrons. The number of ether oxygens (including phenoxy) is 1. The number of amides is 1. The number of hydrazine groups is 1. The van der Waals surface area contributed by atoms with Gasteiger partial charge in [0.1, 0.15) is 17.3 Å². The smallest absolute Gasteiger partial charge is 0.249 e. The van der Waals surface area contributed by atoms with E-state index in [0.717, 1.165) is 17.2 Å². The van der Waals surface area contributed by atoms with E-state index >= 15 is 0 Å². The number of ketones is 1. The molecule has 1 amide bonds. The summed E-state index contributed by atoms with van der Waals surface area (Å²) in [7, 11) is 0. The van der Waals surface area contributed by atoms with Gasteiger partial charge in [-0.05, 0) is 42.8 Å². The van der Waals surface area contributed by atoms with Crippen LogP contribution in [0, 0.1) is 5.92 Å². The third-order valence-electron chi connectivity index (χ3n) is 4.07. The lowest BCUT2D eigenvalue weighted by atomic mass is 9.96. The number of carbonyl (C=O) groups is 2. The Labute approximate surface area is 141 Å². The maximum Gasteiger partial charge on any atom is 0.249 e. The molecule has 0 aliphatic carbocycles. The Morgan fingerprint density at radius 1 is 1.12 bits per heavy atom. The fourth-order valence-electron chi connectivity index (χ4n) is 2.72. The van der Waals surface area contributed by atoms with Crippen LogP contribution in [-0.4, -0.2) is 18.2 Å². The Hall–Kier alpha value is -2.82. The second-order valence-corrected chi connectivity index (χ2v) is 5.70. The van der Waals surface area contributed by atoms with Crippen LogP contribution in [0.25, 0.3) is 0 Å². The highest BCUT2D eigenvalue weighted by molar-refractivity contribution is 6.02. The van der Waals surface area contributed by atoms with E-state index in [1.807, 2.05) is 54.6 Å². The molecule has 2 aromatic carbocycles. The quantitative estimate of drug-likeness (QED) is 0.857. The van der Waals surface area contributed by atoms with Gasteiger partial charge in [-0.1, -0.05) is 25.1 Å². The zero-order valence-electron chi connectivity index (χ0n) is 13.6. The number of nitrogens with zero attached hydrogens (tertiary/aromatic N) is 1. The van der Waals surface area contributed by atoms with Gasteiger partial charge in [0.15, 0.2) is 0 Å². The minimum Gasteiger partial charge on any atom is -0.457 e. The molecule has 1 N–H and O–H groups in total. The lowest BCUT2D eigenvalue weighted by molar-refractivity contribution is -0.135. The van der Waals surface area contributed by atoms with Crippen molar-refractivity contribution >= 4 is 17.4 Å². The number of carbonyl (C=O) groups excluding carboxylic acids is 2. The highest BCUT2D eigenvalue weighted by atomic mass is 16.5. The van der Waals surface area contributed by atoms with Crippen LogP contribution in [0.15, 0.2) is 54.6 Å². The number of benzene rings is 2. The zero-order chi connectivity index (χ0) is 16.9. The van der Waals surface area contributed by atoms with Crippen molar-refractivity contribution in [1.29, 1.82) is 0 Å². The molecule has 1 saturated heterocycles. The Balaban J connectivity index is 1.64. The van der Waals surface area contributed by atoms with Crippen LogP contribution in [0.3, 0.4) is 0 Å². The Bertz CT molecular complexity index is 713. The predicted molar refractivity (Wildman–Crippen MR) is 91.9 cm³/mol. The van der Waals surface area contributed by atoms with E-state index in [9.17, 15) is 9.59 Å². The molecule has 0 aromatic heterocycles. The van der Waals surface area contributed by atoms with Crippen LogP contribution < -0.4 is 15.2 Å². The molecule has 1 fully saturated rings. The molecule has 124 valence electrons. The number of Topliss-reactive ketones (excluding diaryl/α,β-unsaturated/α-hetero) is 1. The van der Waals surface area contributed by atoms with Crippen molar-refractivity contribution in [3.63, 3.8) is 0 Å². The van der Waals surface area contributed by atoms with Gasteiger partial charge in [0.25, 0.3) is 0 Å². The lowest BCUT2D eigenvalue weighted by Gasteiger charge is -2.32. The average Bonchev–Trinajstić information content (AvgIpc) is 2.62. The van der Waals surface area contributed by atoms with Crippen molar-refractivity contribution in [1.82, 2.24) is 5.43 Å². The largest absolute Gasteiger partial charge is 0.457 e. The highest BCUT2D eigenvalue weighted by Crippen LogP contribution is 2.25. The second-order valence-electron chi connectivity index (χ2n) is 5.70. The van der Waals surface area contributed by atoms with E-state index in [0.29, 0.717) is 19.4 Å². The van der Waals surface area contributed by atoms with E-state index in [4.69, 9.17) is 4.74 Å². The molecule has 1 atom stereocenters. The minimum absolute atomic E-state index is 0.00115. The maximum atomic E-state index is 12.1. The Kier molecular flexibility index (Phi) is 4.79. The molecule has 1 heterocycles. The van der Waals surface area contributed by atoms with Crippen LogP contribution in [0.2, 0.25) is 0 Å². The van der Waals surface area contributed by atoms with Crippen LogP contribution in [0.1, 0.15) is 19.8 Å². The van der Waals surface area contributed by atoms with Crippen molar-refractivity contribution in [2.24, 2.45) is 5.92 Å². The fraction of sp³-hybridized carbons (Fsp3) is 0.263. The van der Waals surface area contributed by atoms with E-state index in [2.05, 4.69) is 5.43 Å². The first-order chi connectivity index (χ1) is 11.7. The van der Waals surface area contributed by atoms with E-state index in [1.54, 1.807) is 11.9 Å². The molecular formula is C19H20N2O3. The fourth-order valence-corrected chi connectivity index (χ4v) is 2.72. The maximum absolute atomic E-state index is 12.1. The zero-order valence-corrected chi connectivity index (χ0v) is 13.6. The standard InChI is InChI=1S/C19H20N2O3/c1-2-18(22)17-12-13-21(20-19(17)23)14-8-10-16(11-9-14)24-15-6-4-3-5-7-15/h3-11,17H,2,12-13H2,1H3,(H,20,23). The number of hydrogen-bond donors (Lipinski definition) is 1. The molecule has 5 heteroatoms. The topological polar surface area (TPSA) is 58.6 Å². The Morgan fingerprint density at radius 3 is 2.42 bits per heavy atom. The van der Waals surface area contributed by atoms with Crippen LogP contribution in [-0.2, 0) is 9.59 Å². The first kappa shape index (κ1) is 16.1. The summed E-state index contributed by atoms with van der Waals surface area (Å²) < 4.78 is 5.75. The van der Waals surface area contributed by atoms with Crippen LogP contribution in [0.4, 0.5) is 5.69 Å². The number of hydrogen-bond acceptors (Lipinski definition) is 4. The van der Waals surface area contributed by atoms with E-state index in [-0.39, 0.29) is 11.7 Å². The summed E-state index contributed by atoms with van der Waals surface area (Å²) in [6.45, 7) is 2.40. The SMILES string of the molecule is CCC(=O)C1CCN(c2ccc(Oc3ccccc3)cc2)NC1=O. The third-order valence-corrected chi connectivity index (χ3v) is 4.07. The number of rotatable bonds is 5. The molecule has 2 aromatic rings. The molecule has 1 aliphatic heterocycles. The number of nitrogens with one attached hydrogen (secondary N) is 1. The highest BCUT2D eigenvalue weighted by Gasteiger charge is 2.31. The summed E-state index contributed by atoms with van der Waals surface area (Å²) in [6, 6.07) is 17.1. The van der Waals surface area contributed by atoms with Gasteiger partial charge in [-0.25, -0.2) is 0 Å². The second kappa shape index (κ2) is 7.17. The van der Waals surface area contributed by atoms with Crippen molar-refractivity contribution < 1.29 is 14.3 Å². The van der Waals surface area contributed by atoms with Crippen LogP contribution >= 0.6 is 0 Å². The molecule has 0 spiro atoms. The average molecular weight is 324 g/mol. The van der Waals surface area contributed by atoms with Gasteiger partial charge in [0.2, 0.25) is 5.91 Å². The molecule has 5 nitrogen and oxygen atoms in total.